The molecule has 0 unspecified atom stereocenters. The quantitative estimate of drug-likeness (QED) is 0.889. The van der Waals surface area contributed by atoms with E-state index in [0.29, 0.717) is 11.9 Å². The van der Waals surface area contributed by atoms with Crippen LogP contribution in [0.5, 0.6) is 0 Å². The summed E-state index contributed by atoms with van der Waals surface area (Å²) in [6.45, 7) is 0.564. The normalized spacial score (nSPS) is 10.9. The lowest BCUT2D eigenvalue weighted by Gasteiger charge is -2.09. The molecular formula is C12H11BrFN. The first-order chi connectivity index (χ1) is 7.24. The monoisotopic (exact) mass is 267 g/mol. The molecule has 2 N–H and O–H groups in total. The summed E-state index contributed by atoms with van der Waals surface area (Å²) in [5.74, 6) is -0.196. The van der Waals surface area contributed by atoms with Crippen LogP contribution < -0.4 is 5.73 Å². The van der Waals surface area contributed by atoms with Gasteiger partial charge in [0.05, 0.1) is 0 Å². The van der Waals surface area contributed by atoms with E-state index >= 15 is 0 Å². The number of hydrogen-bond donors (Lipinski definition) is 1. The number of benzene rings is 2. The molecule has 2 aromatic rings. The Labute approximate surface area is 96.2 Å². The van der Waals surface area contributed by atoms with Crippen molar-refractivity contribution in [2.45, 2.75) is 6.42 Å². The van der Waals surface area contributed by atoms with Gasteiger partial charge >= 0.3 is 0 Å². The van der Waals surface area contributed by atoms with Crippen LogP contribution in [0, 0.1) is 5.82 Å². The fourth-order valence-electron chi connectivity index (χ4n) is 1.76. The summed E-state index contributed by atoms with van der Waals surface area (Å²) >= 11 is 3.37. The minimum atomic E-state index is -0.196. The Kier molecular flexibility index (Phi) is 3.03. The Hall–Kier alpha value is -0.930. The van der Waals surface area contributed by atoms with E-state index in [0.717, 1.165) is 21.8 Å². The lowest BCUT2D eigenvalue weighted by Crippen LogP contribution is -2.04. The van der Waals surface area contributed by atoms with Crippen molar-refractivity contribution in [3.05, 3.63) is 46.2 Å². The molecule has 0 aliphatic heterocycles. The van der Waals surface area contributed by atoms with Crippen LogP contribution in [0.15, 0.2) is 34.8 Å². The van der Waals surface area contributed by atoms with Crippen LogP contribution in [0.2, 0.25) is 0 Å². The van der Waals surface area contributed by atoms with Gasteiger partial charge in [-0.15, -0.1) is 0 Å². The number of nitrogens with two attached hydrogens (primary N) is 1. The summed E-state index contributed by atoms with van der Waals surface area (Å²) in [4.78, 5) is 0. The van der Waals surface area contributed by atoms with E-state index in [-0.39, 0.29) is 5.82 Å². The van der Waals surface area contributed by atoms with Crippen LogP contribution in [-0.2, 0) is 6.42 Å². The maximum Gasteiger partial charge on any atom is 0.132 e. The molecule has 0 atom stereocenters. The molecule has 0 aliphatic rings. The van der Waals surface area contributed by atoms with Crippen LogP contribution in [0.3, 0.4) is 0 Å². The first-order valence-corrected chi connectivity index (χ1v) is 5.59. The van der Waals surface area contributed by atoms with Crippen molar-refractivity contribution in [1.29, 1.82) is 0 Å². The summed E-state index contributed by atoms with van der Waals surface area (Å²) in [7, 11) is 0. The predicted molar refractivity (Wildman–Crippen MR) is 64.4 cm³/mol. The number of hydrogen-bond acceptors (Lipinski definition) is 1. The molecule has 0 fully saturated rings. The van der Waals surface area contributed by atoms with E-state index in [1.165, 1.54) is 6.07 Å². The zero-order valence-electron chi connectivity index (χ0n) is 8.13. The molecule has 0 radical (unpaired) electrons. The van der Waals surface area contributed by atoms with Crippen LogP contribution in [0.1, 0.15) is 5.56 Å². The third kappa shape index (κ3) is 1.90. The van der Waals surface area contributed by atoms with Crippen LogP contribution in [0.25, 0.3) is 10.8 Å². The first-order valence-electron chi connectivity index (χ1n) is 4.79. The molecule has 15 heavy (non-hydrogen) atoms. The summed E-state index contributed by atoms with van der Waals surface area (Å²) in [5.41, 5.74) is 6.62. The van der Waals surface area contributed by atoms with Crippen LogP contribution >= 0.6 is 15.9 Å². The van der Waals surface area contributed by atoms with E-state index in [1.807, 2.05) is 18.2 Å². The van der Waals surface area contributed by atoms with Crippen molar-refractivity contribution in [3.63, 3.8) is 0 Å². The lowest BCUT2D eigenvalue weighted by atomic mass is 10.0. The van der Waals surface area contributed by atoms with Gasteiger partial charge in [0.15, 0.2) is 0 Å². The van der Waals surface area contributed by atoms with Gasteiger partial charge in [-0.3, -0.25) is 0 Å². The molecule has 0 aromatic heterocycles. The number of halogens is 2. The molecule has 2 rings (SSSR count). The van der Waals surface area contributed by atoms with Gasteiger partial charge in [0.2, 0.25) is 0 Å². The Balaban J connectivity index is 2.77. The Morgan fingerprint density at radius 2 is 1.87 bits per heavy atom. The van der Waals surface area contributed by atoms with E-state index in [9.17, 15) is 4.39 Å². The SMILES string of the molecule is NCCc1c(Br)cc(F)c2ccccc12. The van der Waals surface area contributed by atoms with E-state index in [4.69, 9.17) is 5.73 Å². The second-order valence-electron chi connectivity index (χ2n) is 3.40. The zero-order chi connectivity index (χ0) is 10.8. The topological polar surface area (TPSA) is 26.0 Å². The third-order valence-electron chi connectivity index (χ3n) is 2.45. The van der Waals surface area contributed by atoms with Gasteiger partial charge in [-0.1, -0.05) is 40.2 Å². The summed E-state index contributed by atoms with van der Waals surface area (Å²) in [6, 6.07) is 8.97. The van der Waals surface area contributed by atoms with E-state index in [2.05, 4.69) is 15.9 Å². The van der Waals surface area contributed by atoms with E-state index < -0.39 is 0 Å². The van der Waals surface area contributed by atoms with Gasteiger partial charge in [0, 0.05) is 9.86 Å². The summed E-state index contributed by atoms with van der Waals surface area (Å²) < 4.78 is 14.4. The van der Waals surface area contributed by atoms with Crippen molar-refractivity contribution in [2.75, 3.05) is 6.54 Å². The molecule has 1 nitrogen and oxygen atoms in total. The van der Waals surface area contributed by atoms with Gasteiger partial charge in [-0.25, -0.2) is 4.39 Å². The Bertz CT molecular complexity index is 496. The average Bonchev–Trinajstić information content (AvgIpc) is 2.24. The number of rotatable bonds is 2. The second kappa shape index (κ2) is 4.29. The minimum Gasteiger partial charge on any atom is -0.330 e. The van der Waals surface area contributed by atoms with E-state index in [1.54, 1.807) is 6.07 Å². The van der Waals surface area contributed by atoms with Crippen molar-refractivity contribution >= 4 is 26.7 Å². The molecular weight excluding hydrogens is 257 g/mol. The Morgan fingerprint density at radius 1 is 1.20 bits per heavy atom. The van der Waals surface area contributed by atoms with Crippen molar-refractivity contribution < 1.29 is 4.39 Å². The van der Waals surface area contributed by atoms with Gasteiger partial charge in [-0.05, 0) is 30.0 Å². The van der Waals surface area contributed by atoms with Gasteiger partial charge in [-0.2, -0.15) is 0 Å². The van der Waals surface area contributed by atoms with Crippen molar-refractivity contribution in [2.24, 2.45) is 5.73 Å². The molecule has 3 heteroatoms. The average molecular weight is 268 g/mol. The molecule has 0 amide bonds. The minimum absolute atomic E-state index is 0.196. The molecule has 0 saturated carbocycles. The predicted octanol–water partition coefficient (Wildman–Crippen LogP) is 3.24. The molecule has 0 bridgehead atoms. The van der Waals surface area contributed by atoms with Crippen molar-refractivity contribution in [1.82, 2.24) is 0 Å². The lowest BCUT2D eigenvalue weighted by molar-refractivity contribution is 0.638. The van der Waals surface area contributed by atoms with Gasteiger partial charge in [0.1, 0.15) is 5.82 Å². The molecule has 0 heterocycles. The highest BCUT2D eigenvalue weighted by molar-refractivity contribution is 9.10. The molecule has 0 aliphatic carbocycles. The van der Waals surface area contributed by atoms with Gasteiger partial charge in [0.25, 0.3) is 0 Å². The fourth-order valence-corrected chi connectivity index (χ4v) is 2.37. The highest BCUT2D eigenvalue weighted by Gasteiger charge is 2.09. The largest absolute Gasteiger partial charge is 0.330 e. The number of fused-ring (bicyclic) bond motifs is 1. The molecule has 0 saturated heterocycles. The maximum absolute atomic E-state index is 13.6. The zero-order valence-corrected chi connectivity index (χ0v) is 9.72. The summed E-state index contributed by atoms with van der Waals surface area (Å²) in [6.07, 6.45) is 0.751. The third-order valence-corrected chi connectivity index (χ3v) is 3.15. The van der Waals surface area contributed by atoms with Gasteiger partial charge < -0.3 is 5.73 Å². The van der Waals surface area contributed by atoms with Crippen LogP contribution in [0.4, 0.5) is 4.39 Å². The highest BCUT2D eigenvalue weighted by Crippen LogP contribution is 2.29. The van der Waals surface area contributed by atoms with Crippen molar-refractivity contribution in [3.8, 4) is 0 Å². The maximum atomic E-state index is 13.6. The second-order valence-corrected chi connectivity index (χ2v) is 4.26. The summed E-state index contributed by atoms with van der Waals surface area (Å²) in [5, 5.41) is 1.60. The molecule has 2 aromatic carbocycles. The smallest absolute Gasteiger partial charge is 0.132 e. The van der Waals surface area contributed by atoms with Crippen LogP contribution in [-0.4, -0.2) is 6.54 Å². The standard InChI is InChI=1S/C12H11BrFN/c13-11-7-12(14)10-4-2-1-3-8(10)9(11)5-6-15/h1-4,7H,5-6,15H2. The Morgan fingerprint density at radius 3 is 2.53 bits per heavy atom. The molecule has 78 valence electrons. The molecule has 0 spiro atoms. The highest BCUT2D eigenvalue weighted by atomic mass is 79.9. The first kappa shape index (κ1) is 10.6. The fraction of sp³-hybridized carbons (Fsp3) is 0.167.